The fourth-order valence-electron chi connectivity index (χ4n) is 1.89. The van der Waals surface area contributed by atoms with Crippen LogP contribution in [0.25, 0.3) is 11.1 Å². The Morgan fingerprint density at radius 1 is 1.06 bits per heavy atom. The Kier molecular flexibility index (Phi) is 3.60. The molecule has 0 amide bonds. The van der Waals surface area contributed by atoms with Gasteiger partial charge in [-0.3, -0.25) is 0 Å². The molecule has 2 rings (SSSR count). The van der Waals surface area contributed by atoms with E-state index < -0.39 is 5.97 Å². The number of carboxylic acids is 1. The second kappa shape index (κ2) is 5.01. The number of hydrogen-bond acceptors (Lipinski definition) is 1. The average Bonchev–Trinajstić information content (AvgIpc) is 2.32. The van der Waals surface area contributed by atoms with Crippen molar-refractivity contribution in [2.75, 3.05) is 0 Å². The zero-order valence-corrected chi connectivity index (χ0v) is 11.1. The molecule has 2 aromatic rings. The zero-order valence-electron chi connectivity index (χ0n) is 9.58. The third-order valence-electron chi connectivity index (χ3n) is 2.73. The summed E-state index contributed by atoms with van der Waals surface area (Å²) in [4.78, 5) is 11.3. The zero-order chi connectivity index (χ0) is 13.3. The lowest BCUT2D eigenvalue weighted by Crippen LogP contribution is -2.02. The quantitative estimate of drug-likeness (QED) is 0.868. The molecule has 0 aliphatic heterocycles. The van der Waals surface area contributed by atoms with Crippen molar-refractivity contribution in [3.63, 3.8) is 0 Å². The largest absolute Gasteiger partial charge is 0.478 e. The molecule has 4 heteroatoms. The van der Waals surface area contributed by atoms with Crippen LogP contribution in [0, 0.1) is 6.92 Å². The number of hydrogen-bond donors (Lipinski definition) is 1. The molecular weight excluding hydrogens is 271 g/mol. The van der Waals surface area contributed by atoms with Crippen molar-refractivity contribution in [1.29, 1.82) is 0 Å². The lowest BCUT2D eigenvalue weighted by atomic mass is 9.96. The lowest BCUT2D eigenvalue weighted by Gasteiger charge is -2.11. The monoisotopic (exact) mass is 280 g/mol. The van der Waals surface area contributed by atoms with Crippen molar-refractivity contribution in [3.8, 4) is 11.1 Å². The van der Waals surface area contributed by atoms with Gasteiger partial charge in [-0.25, -0.2) is 4.79 Å². The molecule has 0 bridgehead atoms. The molecule has 2 aromatic carbocycles. The van der Waals surface area contributed by atoms with Crippen molar-refractivity contribution >= 4 is 29.2 Å². The molecule has 0 spiro atoms. The van der Waals surface area contributed by atoms with Gasteiger partial charge in [-0.1, -0.05) is 53.5 Å². The van der Waals surface area contributed by atoms with Crippen molar-refractivity contribution in [2.45, 2.75) is 6.92 Å². The number of carbonyl (C=O) groups is 1. The van der Waals surface area contributed by atoms with Crippen LogP contribution in [0.3, 0.4) is 0 Å². The molecule has 0 aliphatic carbocycles. The minimum absolute atomic E-state index is 0.252. The molecule has 0 fully saturated rings. The van der Waals surface area contributed by atoms with Gasteiger partial charge in [-0.15, -0.1) is 0 Å². The maximum atomic E-state index is 11.3. The summed E-state index contributed by atoms with van der Waals surface area (Å²) in [5.41, 5.74) is 2.15. The van der Waals surface area contributed by atoms with Gasteiger partial charge in [0.25, 0.3) is 0 Å². The first-order valence-corrected chi connectivity index (χ1v) is 6.05. The second-order valence-corrected chi connectivity index (χ2v) is 4.69. The average molecular weight is 281 g/mol. The molecule has 2 nitrogen and oxygen atoms in total. The fourth-order valence-corrected chi connectivity index (χ4v) is 2.29. The molecule has 0 aliphatic rings. The van der Waals surface area contributed by atoms with Crippen LogP contribution >= 0.6 is 23.2 Å². The van der Waals surface area contributed by atoms with E-state index in [1.807, 2.05) is 0 Å². The third kappa shape index (κ3) is 2.22. The van der Waals surface area contributed by atoms with E-state index >= 15 is 0 Å². The summed E-state index contributed by atoms with van der Waals surface area (Å²) in [7, 11) is 0. The first kappa shape index (κ1) is 12.9. The second-order valence-electron chi connectivity index (χ2n) is 3.90. The van der Waals surface area contributed by atoms with Crippen molar-refractivity contribution in [1.82, 2.24) is 0 Å². The third-order valence-corrected chi connectivity index (χ3v) is 3.55. The van der Waals surface area contributed by atoms with Gasteiger partial charge >= 0.3 is 5.97 Å². The maximum Gasteiger partial charge on any atom is 0.336 e. The predicted molar refractivity (Wildman–Crippen MR) is 73.6 cm³/mol. The maximum absolute atomic E-state index is 11.3. The fraction of sp³-hybridized carbons (Fsp3) is 0.0714. The normalized spacial score (nSPS) is 10.4. The van der Waals surface area contributed by atoms with Crippen molar-refractivity contribution < 1.29 is 9.90 Å². The van der Waals surface area contributed by atoms with Crippen LogP contribution in [-0.2, 0) is 0 Å². The summed E-state index contributed by atoms with van der Waals surface area (Å²) >= 11 is 12.1. The van der Waals surface area contributed by atoms with Crippen LogP contribution in [0.4, 0.5) is 0 Å². The van der Waals surface area contributed by atoms with E-state index in [-0.39, 0.29) is 5.56 Å². The van der Waals surface area contributed by atoms with Gasteiger partial charge in [0.2, 0.25) is 0 Å². The first-order valence-electron chi connectivity index (χ1n) is 5.29. The molecule has 0 unspecified atom stereocenters. The highest BCUT2D eigenvalue weighted by atomic mass is 35.5. The summed E-state index contributed by atoms with van der Waals surface area (Å²) in [5, 5.41) is 10.1. The summed E-state index contributed by atoms with van der Waals surface area (Å²) in [6, 6.07) is 10.5. The first-order chi connectivity index (χ1) is 8.52. The number of halogens is 2. The van der Waals surface area contributed by atoms with Crippen molar-refractivity contribution in [3.05, 3.63) is 57.6 Å². The number of aromatic carboxylic acids is 1. The van der Waals surface area contributed by atoms with Crippen molar-refractivity contribution in [2.24, 2.45) is 0 Å². The van der Waals surface area contributed by atoms with Gasteiger partial charge in [0.15, 0.2) is 0 Å². The van der Waals surface area contributed by atoms with Gasteiger partial charge in [0.1, 0.15) is 0 Å². The predicted octanol–water partition coefficient (Wildman–Crippen LogP) is 4.67. The Bertz CT molecular complexity index is 621. The molecule has 0 saturated carbocycles. The van der Waals surface area contributed by atoms with E-state index in [1.165, 1.54) is 0 Å². The van der Waals surface area contributed by atoms with E-state index in [9.17, 15) is 9.90 Å². The highest BCUT2D eigenvalue weighted by Gasteiger charge is 2.16. The van der Waals surface area contributed by atoms with Gasteiger partial charge in [0.05, 0.1) is 15.6 Å². The smallest absolute Gasteiger partial charge is 0.336 e. The van der Waals surface area contributed by atoms with Gasteiger partial charge in [-0.2, -0.15) is 0 Å². The highest BCUT2D eigenvalue weighted by molar-refractivity contribution is 6.43. The molecule has 1 N–H and O–H groups in total. The molecule has 0 radical (unpaired) electrons. The highest BCUT2D eigenvalue weighted by Crippen LogP contribution is 2.35. The summed E-state index contributed by atoms with van der Waals surface area (Å²) in [6.45, 7) is 1.76. The minimum atomic E-state index is -0.973. The SMILES string of the molecule is Cc1cccc(-c2cccc(Cl)c2Cl)c1C(=O)O. The Hall–Kier alpha value is -1.51. The van der Waals surface area contributed by atoms with E-state index in [4.69, 9.17) is 23.2 Å². The number of rotatable bonds is 2. The Balaban J connectivity index is 2.75. The molecule has 0 saturated heterocycles. The molecule has 92 valence electrons. The van der Waals surface area contributed by atoms with Crippen LogP contribution in [-0.4, -0.2) is 11.1 Å². The van der Waals surface area contributed by atoms with Crippen LogP contribution in [0.15, 0.2) is 36.4 Å². The van der Waals surface area contributed by atoms with E-state index in [1.54, 1.807) is 43.3 Å². The van der Waals surface area contributed by atoms with Gasteiger partial charge < -0.3 is 5.11 Å². The van der Waals surface area contributed by atoms with Gasteiger partial charge in [-0.05, 0) is 24.1 Å². The lowest BCUT2D eigenvalue weighted by molar-refractivity contribution is 0.0697. The summed E-state index contributed by atoms with van der Waals surface area (Å²) in [5.74, 6) is -0.973. The molecular formula is C14H10Cl2O2. The standard InChI is InChI=1S/C14H10Cl2O2/c1-8-4-2-5-9(12(8)14(17)18)10-6-3-7-11(15)13(10)16/h2-7H,1H3,(H,17,18). The van der Waals surface area contributed by atoms with Crippen LogP contribution in [0.2, 0.25) is 10.0 Å². The Labute approximate surface area is 115 Å². The number of carboxylic acid groups (broad SMARTS) is 1. The Morgan fingerprint density at radius 2 is 1.67 bits per heavy atom. The molecule has 0 aromatic heterocycles. The topological polar surface area (TPSA) is 37.3 Å². The minimum Gasteiger partial charge on any atom is -0.478 e. The molecule has 0 heterocycles. The van der Waals surface area contributed by atoms with E-state index in [0.717, 1.165) is 0 Å². The summed E-state index contributed by atoms with van der Waals surface area (Å²) in [6.07, 6.45) is 0. The number of benzene rings is 2. The van der Waals surface area contributed by atoms with Crippen LogP contribution in [0.5, 0.6) is 0 Å². The molecule has 0 atom stereocenters. The van der Waals surface area contributed by atoms with Crippen LogP contribution in [0.1, 0.15) is 15.9 Å². The summed E-state index contributed by atoms with van der Waals surface area (Å²) < 4.78 is 0. The Morgan fingerprint density at radius 3 is 2.33 bits per heavy atom. The van der Waals surface area contributed by atoms with Gasteiger partial charge in [0, 0.05) is 5.56 Å². The van der Waals surface area contributed by atoms with E-state index in [0.29, 0.717) is 26.7 Å². The number of aryl methyl sites for hydroxylation is 1. The van der Waals surface area contributed by atoms with E-state index in [2.05, 4.69) is 0 Å². The molecule has 18 heavy (non-hydrogen) atoms. The van der Waals surface area contributed by atoms with Crippen LogP contribution < -0.4 is 0 Å².